The van der Waals surface area contributed by atoms with Crippen LogP contribution in [0.15, 0.2) is 24.3 Å². The highest BCUT2D eigenvalue weighted by atomic mass is 127. The molecule has 0 spiro atoms. The number of nitrogens with zero attached hydrogens (tertiary/aromatic N) is 1. The van der Waals surface area contributed by atoms with Crippen molar-refractivity contribution in [2.45, 2.75) is 26.2 Å². The van der Waals surface area contributed by atoms with Gasteiger partial charge in [0, 0.05) is 28.8 Å². The van der Waals surface area contributed by atoms with E-state index >= 15 is 0 Å². The molecule has 20 heavy (non-hydrogen) atoms. The SMILES string of the molecule is CCC(=O)N1CCCC(C(=O)Nc2cccc(I)c2)C1. The van der Waals surface area contributed by atoms with Crippen LogP contribution in [-0.2, 0) is 9.59 Å². The number of carbonyl (C=O) groups excluding carboxylic acids is 2. The van der Waals surface area contributed by atoms with Gasteiger partial charge in [-0.25, -0.2) is 0 Å². The Morgan fingerprint density at radius 3 is 2.95 bits per heavy atom. The Kier molecular flexibility index (Phi) is 5.39. The Morgan fingerprint density at radius 1 is 1.45 bits per heavy atom. The predicted octanol–water partition coefficient (Wildman–Crippen LogP) is 2.88. The number of rotatable bonds is 3. The summed E-state index contributed by atoms with van der Waals surface area (Å²) in [6.07, 6.45) is 2.25. The van der Waals surface area contributed by atoms with Crippen molar-refractivity contribution < 1.29 is 9.59 Å². The summed E-state index contributed by atoms with van der Waals surface area (Å²) in [7, 11) is 0. The van der Waals surface area contributed by atoms with E-state index in [0.29, 0.717) is 13.0 Å². The summed E-state index contributed by atoms with van der Waals surface area (Å²) >= 11 is 2.22. The molecule has 1 atom stereocenters. The average molecular weight is 386 g/mol. The van der Waals surface area contributed by atoms with E-state index in [1.165, 1.54) is 0 Å². The van der Waals surface area contributed by atoms with Crippen LogP contribution in [0.5, 0.6) is 0 Å². The minimum atomic E-state index is -0.0999. The van der Waals surface area contributed by atoms with Gasteiger partial charge in [0.05, 0.1) is 5.92 Å². The number of likely N-dealkylation sites (tertiary alicyclic amines) is 1. The summed E-state index contributed by atoms with van der Waals surface area (Å²) in [4.78, 5) is 25.8. The molecule has 1 fully saturated rings. The maximum Gasteiger partial charge on any atom is 0.229 e. The normalized spacial score (nSPS) is 18.7. The Labute approximate surface area is 133 Å². The van der Waals surface area contributed by atoms with E-state index in [1.807, 2.05) is 36.1 Å². The fourth-order valence-corrected chi connectivity index (χ4v) is 2.99. The minimum Gasteiger partial charge on any atom is -0.342 e. The standard InChI is InChI=1S/C15H19IN2O2/c1-2-14(19)18-8-4-5-11(10-18)15(20)17-13-7-3-6-12(16)9-13/h3,6-7,9,11H,2,4-5,8,10H2,1H3,(H,17,20). The van der Waals surface area contributed by atoms with E-state index in [0.717, 1.165) is 28.6 Å². The maximum absolute atomic E-state index is 12.3. The van der Waals surface area contributed by atoms with Crippen LogP contribution in [0, 0.1) is 9.49 Å². The molecule has 4 nitrogen and oxygen atoms in total. The van der Waals surface area contributed by atoms with Crippen molar-refractivity contribution in [3.8, 4) is 0 Å². The van der Waals surface area contributed by atoms with Gasteiger partial charge < -0.3 is 10.2 Å². The van der Waals surface area contributed by atoms with Gasteiger partial charge in [-0.2, -0.15) is 0 Å². The van der Waals surface area contributed by atoms with Gasteiger partial charge in [-0.15, -0.1) is 0 Å². The van der Waals surface area contributed by atoms with Crippen LogP contribution in [0.2, 0.25) is 0 Å². The number of nitrogens with one attached hydrogen (secondary N) is 1. The van der Waals surface area contributed by atoms with Crippen LogP contribution in [0.1, 0.15) is 26.2 Å². The van der Waals surface area contributed by atoms with Crippen LogP contribution in [0.3, 0.4) is 0 Å². The van der Waals surface area contributed by atoms with Gasteiger partial charge in [0.2, 0.25) is 11.8 Å². The van der Waals surface area contributed by atoms with Crippen molar-refractivity contribution in [2.75, 3.05) is 18.4 Å². The highest BCUT2D eigenvalue weighted by molar-refractivity contribution is 14.1. The van der Waals surface area contributed by atoms with Gasteiger partial charge in [-0.3, -0.25) is 9.59 Å². The Morgan fingerprint density at radius 2 is 2.25 bits per heavy atom. The molecular formula is C15H19IN2O2. The van der Waals surface area contributed by atoms with Crippen LogP contribution < -0.4 is 5.32 Å². The number of amides is 2. The van der Waals surface area contributed by atoms with E-state index in [-0.39, 0.29) is 17.7 Å². The van der Waals surface area contributed by atoms with E-state index in [1.54, 1.807) is 0 Å². The summed E-state index contributed by atoms with van der Waals surface area (Å²) in [6.45, 7) is 3.18. The zero-order valence-corrected chi connectivity index (χ0v) is 13.7. The lowest BCUT2D eigenvalue weighted by Gasteiger charge is -2.31. The number of piperidine rings is 1. The van der Waals surface area contributed by atoms with Crippen molar-refractivity contribution in [1.82, 2.24) is 4.90 Å². The summed E-state index contributed by atoms with van der Waals surface area (Å²) < 4.78 is 1.09. The van der Waals surface area contributed by atoms with Gasteiger partial charge >= 0.3 is 0 Å². The molecule has 1 saturated heterocycles. The van der Waals surface area contributed by atoms with Crippen LogP contribution >= 0.6 is 22.6 Å². The molecule has 108 valence electrons. The summed E-state index contributed by atoms with van der Waals surface area (Å²) in [6, 6.07) is 7.73. The van der Waals surface area contributed by atoms with Crippen LogP contribution in [-0.4, -0.2) is 29.8 Å². The van der Waals surface area contributed by atoms with E-state index < -0.39 is 0 Å². The first-order valence-corrected chi connectivity index (χ1v) is 8.02. The fraction of sp³-hybridized carbons (Fsp3) is 0.467. The number of carbonyl (C=O) groups is 2. The van der Waals surface area contributed by atoms with Crippen LogP contribution in [0.25, 0.3) is 0 Å². The molecule has 0 radical (unpaired) electrons. The Hall–Kier alpha value is -1.11. The second-order valence-corrected chi connectivity index (χ2v) is 6.28. The summed E-state index contributed by atoms with van der Waals surface area (Å²) in [5, 5.41) is 2.95. The quantitative estimate of drug-likeness (QED) is 0.813. The first-order chi connectivity index (χ1) is 9.60. The molecule has 1 unspecified atom stereocenters. The maximum atomic E-state index is 12.3. The van der Waals surface area contributed by atoms with Gasteiger partial charge in [0.25, 0.3) is 0 Å². The largest absolute Gasteiger partial charge is 0.342 e. The Bertz CT molecular complexity index is 504. The van der Waals surface area contributed by atoms with E-state index in [2.05, 4.69) is 27.9 Å². The highest BCUT2D eigenvalue weighted by Crippen LogP contribution is 2.20. The summed E-state index contributed by atoms with van der Waals surface area (Å²) in [5.74, 6) is 0.0504. The lowest BCUT2D eigenvalue weighted by Crippen LogP contribution is -2.43. The Balaban J connectivity index is 1.97. The van der Waals surface area contributed by atoms with E-state index in [4.69, 9.17) is 0 Å². The molecule has 1 aromatic carbocycles. The minimum absolute atomic E-state index is 0.0144. The molecule has 1 aromatic rings. The van der Waals surface area contributed by atoms with Gasteiger partial charge in [0.1, 0.15) is 0 Å². The van der Waals surface area contributed by atoms with Gasteiger partial charge in [-0.1, -0.05) is 13.0 Å². The molecule has 0 aliphatic carbocycles. The third-order valence-corrected chi connectivity index (χ3v) is 4.21. The van der Waals surface area contributed by atoms with E-state index in [9.17, 15) is 9.59 Å². The lowest BCUT2D eigenvalue weighted by atomic mass is 9.96. The van der Waals surface area contributed by atoms with Crippen molar-refractivity contribution >= 4 is 40.1 Å². The van der Waals surface area contributed by atoms with Crippen molar-refractivity contribution in [2.24, 2.45) is 5.92 Å². The molecular weight excluding hydrogens is 367 g/mol. The average Bonchev–Trinajstić information content (AvgIpc) is 2.46. The van der Waals surface area contributed by atoms with Crippen LogP contribution in [0.4, 0.5) is 5.69 Å². The molecule has 1 aliphatic heterocycles. The molecule has 0 bridgehead atoms. The third kappa shape index (κ3) is 3.94. The molecule has 2 amide bonds. The highest BCUT2D eigenvalue weighted by Gasteiger charge is 2.27. The number of benzene rings is 1. The second kappa shape index (κ2) is 7.06. The lowest BCUT2D eigenvalue weighted by molar-refractivity contribution is -0.134. The zero-order valence-electron chi connectivity index (χ0n) is 11.6. The number of anilines is 1. The number of hydrogen-bond donors (Lipinski definition) is 1. The molecule has 1 aliphatic rings. The molecule has 2 rings (SSSR count). The molecule has 5 heteroatoms. The number of halogens is 1. The smallest absolute Gasteiger partial charge is 0.229 e. The summed E-state index contributed by atoms with van der Waals surface area (Å²) in [5.41, 5.74) is 0.820. The number of hydrogen-bond acceptors (Lipinski definition) is 2. The van der Waals surface area contributed by atoms with Crippen molar-refractivity contribution in [3.05, 3.63) is 27.8 Å². The molecule has 1 N–H and O–H groups in total. The third-order valence-electron chi connectivity index (χ3n) is 3.54. The van der Waals surface area contributed by atoms with Crippen molar-refractivity contribution in [1.29, 1.82) is 0 Å². The zero-order chi connectivity index (χ0) is 14.5. The first-order valence-electron chi connectivity index (χ1n) is 6.94. The second-order valence-electron chi connectivity index (χ2n) is 5.03. The van der Waals surface area contributed by atoms with Gasteiger partial charge in [-0.05, 0) is 53.6 Å². The molecule has 0 aromatic heterocycles. The van der Waals surface area contributed by atoms with Gasteiger partial charge in [0.15, 0.2) is 0 Å². The van der Waals surface area contributed by atoms with Crippen molar-refractivity contribution in [3.63, 3.8) is 0 Å². The molecule has 0 saturated carbocycles. The molecule has 1 heterocycles. The predicted molar refractivity (Wildman–Crippen MR) is 87.4 cm³/mol. The first kappa shape index (κ1) is 15.3. The topological polar surface area (TPSA) is 49.4 Å². The fourth-order valence-electron chi connectivity index (χ4n) is 2.45. The monoisotopic (exact) mass is 386 g/mol.